The Morgan fingerprint density at radius 1 is 0.974 bits per heavy atom. The van der Waals surface area contributed by atoms with Gasteiger partial charge in [-0.2, -0.15) is 0 Å². The normalized spacial score (nSPS) is 13.6. The minimum Gasteiger partial charge on any atom is -0.467 e. The molecule has 1 unspecified atom stereocenters. The smallest absolute Gasteiger partial charge is 0.408 e. The molecule has 0 saturated heterocycles. The van der Waals surface area contributed by atoms with Crippen LogP contribution in [0, 0.1) is 0 Å². The summed E-state index contributed by atoms with van der Waals surface area (Å²) in [6.07, 6.45) is 0.662. The van der Waals surface area contributed by atoms with E-state index >= 15 is 0 Å². The number of carbonyl (C=O) groups excluding carboxylic acids is 4. The number of fused-ring (bicyclic) bond motifs is 1. The van der Waals surface area contributed by atoms with Gasteiger partial charge in [0, 0.05) is 23.5 Å². The number of aromatic nitrogens is 1. The molecule has 1 aromatic heterocycles. The van der Waals surface area contributed by atoms with Gasteiger partial charge in [-0.05, 0) is 44.4 Å². The van der Waals surface area contributed by atoms with Gasteiger partial charge in [0.05, 0.1) is 7.11 Å². The molecular weight excluding hydrogens is 502 g/mol. The van der Waals surface area contributed by atoms with Crippen LogP contribution in [0.3, 0.4) is 0 Å². The molecule has 2 aromatic carbocycles. The molecule has 3 rings (SSSR count). The summed E-state index contributed by atoms with van der Waals surface area (Å²) in [6.45, 7) is 6.39. The molecule has 2 atom stereocenters. The monoisotopic (exact) mass is 537 g/mol. The van der Waals surface area contributed by atoms with Crippen LogP contribution in [-0.4, -0.2) is 53.2 Å². The summed E-state index contributed by atoms with van der Waals surface area (Å²) in [4.78, 5) is 55.9. The number of alkyl carbamates (subject to hydrolysis) is 1. The van der Waals surface area contributed by atoms with Crippen LogP contribution < -0.4 is 10.6 Å². The van der Waals surface area contributed by atoms with Gasteiger partial charge in [-0.3, -0.25) is 10.1 Å². The van der Waals surface area contributed by atoms with Gasteiger partial charge in [-0.1, -0.05) is 55.5 Å². The molecule has 3 aromatic rings. The molecule has 3 N–H and O–H groups in total. The van der Waals surface area contributed by atoms with Crippen LogP contribution in [0.5, 0.6) is 0 Å². The molecule has 0 aliphatic carbocycles. The molecule has 10 heteroatoms. The van der Waals surface area contributed by atoms with Crippen LogP contribution in [0.1, 0.15) is 45.2 Å². The second kappa shape index (κ2) is 12.5. The highest BCUT2D eigenvalue weighted by atomic mass is 16.6. The fourth-order valence-corrected chi connectivity index (χ4v) is 4.06. The average Bonchev–Trinajstić information content (AvgIpc) is 3.31. The first-order valence-electron chi connectivity index (χ1n) is 12.6. The average molecular weight is 538 g/mol. The van der Waals surface area contributed by atoms with Crippen LogP contribution in [-0.2, 0) is 41.6 Å². The van der Waals surface area contributed by atoms with Gasteiger partial charge in [0.25, 0.3) is 5.91 Å². The second-order valence-corrected chi connectivity index (χ2v) is 10.1. The maximum Gasteiger partial charge on any atom is 0.408 e. The Bertz CT molecular complexity index is 1310. The molecule has 0 radical (unpaired) electrons. The summed E-state index contributed by atoms with van der Waals surface area (Å²) in [5.74, 6) is -2.63. The summed E-state index contributed by atoms with van der Waals surface area (Å²) < 4.78 is 15.8. The first-order valence-corrected chi connectivity index (χ1v) is 12.6. The maximum absolute atomic E-state index is 13.8. The Kier molecular flexibility index (Phi) is 9.34. The lowest BCUT2D eigenvalue weighted by molar-refractivity contribution is -0.159. The van der Waals surface area contributed by atoms with Gasteiger partial charge in [0.2, 0.25) is 5.54 Å². The molecule has 10 nitrogen and oxygen atoms in total. The van der Waals surface area contributed by atoms with E-state index in [1.807, 2.05) is 30.3 Å². The zero-order valence-electron chi connectivity index (χ0n) is 22.8. The van der Waals surface area contributed by atoms with Crippen molar-refractivity contribution < 1.29 is 33.4 Å². The fraction of sp³-hybridized carbons (Fsp3) is 0.379. The Morgan fingerprint density at radius 2 is 1.64 bits per heavy atom. The number of amides is 2. The lowest BCUT2D eigenvalue weighted by Gasteiger charge is -2.32. The SMILES string of the molecule is CC[C@@](NC(=O)OC(C)(C)C)(C(=O)NC(Cc1c[nH]c2ccccc12)C(=O)OC)C(=O)OCc1ccccc1. The standard InChI is InChI=1S/C29H35N3O7/c1-6-29(32-27(36)39-28(2,3)4,26(35)38-18-19-12-8-7-9-13-19)25(34)31-23(24(33)37-5)16-20-17-30-22-15-11-10-14-21(20)22/h7-15,17,23,30H,6,16,18H2,1-5H3,(H,31,34)(H,32,36)/t23?,29-/m1/s1. The third-order valence-corrected chi connectivity index (χ3v) is 6.08. The molecular formula is C29H35N3O7. The summed E-state index contributed by atoms with van der Waals surface area (Å²) >= 11 is 0. The van der Waals surface area contributed by atoms with Crippen LogP contribution >= 0.6 is 0 Å². The lowest BCUT2D eigenvalue weighted by atomic mass is 9.93. The fourth-order valence-electron chi connectivity index (χ4n) is 4.06. The minimum atomic E-state index is -2.18. The van der Waals surface area contributed by atoms with Gasteiger partial charge >= 0.3 is 18.0 Å². The van der Waals surface area contributed by atoms with Crippen molar-refractivity contribution in [3.63, 3.8) is 0 Å². The lowest BCUT2D eigenvalue weighted by Crippen LogP contribution is -2.66. The van der Waals surface area contributed by atoms with Gasteiger partial charge < -0.3 is 24.5 Å². The van der Waals surface area contributed by atoms with Crippen molar-refractivity contribution in [3.8, 4) is 0 Å². The zero-order valence-corrected chi connectivity index (χ0v) is 22.8. The van der Waals surface area contributed by atoms with Crippen LogP contribution in [0.25, 0.3) is 10.9 Å². The van der Waals surface area contributed by atoms with Gasteiger partial charge in [0.15, 0.2) is 0 Å². The van der Waals surface area contributed by atoms with Crippen LogP contribution in [0.15, 0.2) is 60.8 Å². The van der Waals surface area contributed by atoms with Crippen molar-refractivity contribution in [2.24, 2.45) is 0 Å². The number of hydrogen-bond donors (Lipinski definition) is 3. The number of aromatic amines is 1. The number of para-hydroxylation sites is 1. The van der Waals surface area contributed by atoms with E-state index in [-0.39, 0.29) is 19.4 Å². The highest BCUT2D eigenvalue weighted by Gasteiger charge is 2.49. The molecule has 2 amide bonds. The van der Waals surface area contributed by atoms with Gasteiger partial charge in [-0.15, -0.1) is 0 Å². The van der Waals surface area contributed by atoms with E-state index in [0.29, 0.717) is 5.56 Å². The first kappa shape index (κ1) is 29.2. The molecule has 0 aliphatic heterocycles. The Morgan fingerprint density at radius 3 is 2.28 bits per heavy atom. The summed E-state index contributed by atoms with van der Waals surface area (Å²) in [6, 6.07) is 15.3. The number of ether oxygens (including phenoxy) is 3. The number of H-pyrrole nitrogens is 1. The van der Waals surface area contributed by atoms with Gasteiger partial charge in [0.1, 0.15) is 18.2 Å². The molecule has 0 saturated carbocycles. The first-order chi connectivity index (χ1) is 18.5. The number of carbonyl (C=O) groups is 4. The van der Waals surface area contributed by atoms with Crippen LogP contribution in [0.4, 0.5) is 4.79 Å². The number of esters is 2. The number of nitrogens with one attached hydrogen (secondary N) is 3. The molecule has 1 heterocycles. The highest BCUT2D eigenvalue weighted by molar-refractivity contribution is 6.10. The van der Waals surface area contributed by atoms with E-state index in [1.165, 1.54) is 7.11 Å². The molecule has 0 spiro atoms. The largest absolute Gasteiger partial charge is 0.467 e. The molecule has 0 bridgehead atoms. The number of benzene rings is 2. The molecule has 208 valence electrons. The Balaban J connectivity index is 1.90. The van der Waals surface area contributed by atoms with Crippen molar-refractivity contribution in [2.45, 2.75) is 64.3 Å². The number of hydrogen-bond acceptors (Lipinski definition) is 7. The van der Waals surface area contributed by atoms with E-state index in [1.54, 1.807) is 58.2 Å². The van der Waals surface area contributed by atoms with Crippen molar-refractivity contribution >= 4 is 34.8 Å². The van der Waals surface area contributed by atoms with Crippen molar-refractivity contribution in [3.05, 3.63) is 71.9 Å². The molecule has 0 fully saturated rings. The van der Waals surface area contributed by atoms with E-state index in [4.69, 9.17) is 14.2 Å². The summed E-state index contributed by atoms with van der Waals surface area (Å²) in [5, 5.41) is 5.90. The zero-order chi connectivity index (χ0) is 28.6. The topological polar surface area (TPSA) is 136 Å². The van der Waals surface area contributed by atoms with E-state index in [9.17, 15) is 19.2 Å². The summed E-state index contributed by atoms with van der Waals surface area (Å²) in [7, 11) is 1.21. The molecule has 39 heavy (non-hydrogen) atoms. The van der Waals surface area contributed by atoms with Crippen molar-refractivity contribution in [1.29, 1.82) is 0 Å². The van der Waals surface area contributed by atoms with Crippen molar-refractivity contribution in [1.82, 2.24) is 15.6 Å². The van der Waals surface area contributed by atoms with E-state index in [0.717, 1.165) is 16.5 Å². The third kappa shape index (κ3) is 7.37. The van der Waals surface area contributed by atoms with Crippen molar-refractivity contribution in [2.75, 3.05) is 7.11 Å². The predicted molar refractivity (Wildman–Crippen MR) is 145 cm³/mol. The van der Waals surface area contributed by atoms with E-state index in [2.05, 4.69) is 15.6 Å². The Labute approximate surface area is 227 Å². The summed E-state index contributed by atoms with van der Waals surface area (Å²) in [5.41, 5.74) is -0.751. The minimum absolute atomic E-state index is 0.0771. The van der Waals surface area contributed by atoms with Crippen LogP contribution in [0.2, 0.25) is 0 Å². The highest BCUT2D eigenvalue weighted by Crippen LogP contribution is 2.21. The van der Waals surface area contributed by atoms with E-state index < -0.39 is 41.1 Å². The maximum atomic E-state index is 13.8. The second-order valence-electron chi connectivity index (χ2n) is 10.1. The number of methoxy groups -OCH3 is 1. The predicted octanol–water partition coefficient (Wildman–Crippen LogP) is 3.79. The quantitative estimate of drug-likeness (QED) is 0.203. The molecule has 0 aliphatic rings. The third-order valence-electron chi connectivity index (χ3n) is 6.08. The Hall–Kier alpha value is -4.34. The number of rotatable bonds is 10. The van der Waals surface area contributed by atoms with Gasteiger partial charge in [-0.25, -0.2) is 14.4 Å².